The number of terminal acetylenes is 1. The molecule has 1 aromatic heterocycles. The summed E-state index contributed by atoms with van der Waals surface area (Å²) in [5.74, 6) is 2.25. The summed E-state index contributed by atoms with van der Waals surface area (Å²) < 4.78 is 23.5. The monoisotopic (exact) mass is 561 g/mol. The Bertz CT molecular complexity index is 1190. The first-order valence-corrected chi connectivity index (χ1v) is 11.3. The fourth-order valence-electron chi connectivity index (χ4n) is 2.26. The third kappa shape index (κ3) is 14.6. The second kappa shape index (κ2) is 18.1. The molecule has 0 fully saturated rings. The van der Waals surface area contributed by atoms with Crippen molar-refractivity contribution < 1.29 is 24.1 Å². The van der Waals surface area contributed by atoms with Crippen LogP contribution >= 0.6 is 36.0 Å². The second-order valence-electron chi connectivity index (χ2n) is 5.66. The number of hydrogen-bond acceptors (Lipinski definition) is 5. The van der Waals surface area contributed by atoms with Crippen molar-refractivity contribution in [1.29, 1.82) is 0 Å². The molecule has 0 aliphatic heterocycles. The van der Waals surface area contributed by atoms with Gasteiger partial charge in [0, 0.05) is 22.3 Å². The Morgan fingerprint density at radius 3 is 1.91 bits per heavy atom. The highest BCUT2D eigenvalue weighted by molar-refractivity contribution is 7.89. The Kier molecular flexibility index (Phi) is 18.8. The van der Waals surface area contributed by atoms with Gasteiger partial charge in [-0.3, -0.25) is 5.10 Å². The molecule has 0 radical (unpaired) electrons. The van der Waals surface area contributed by atoms with Crippen molar-refractivity contribution in [1.82, 2.24) is 10.2 Å². The Morgan fingerprint density at radius 1 is 1.06 bits per heavy atom. The minimum atomic E-state index is -3.84. The molecule has 11 N–H and O–H groups in total. The predicted octanol–water partition coefficient (Wildman–Crippen LogP) is 3.07. The number of aromatic nitrogens is 2. The first kappa shape index (κ1) is 36.3. The first-order valence-electron chi connectivity index (χ1n) is 8.61. The zero-order valence-corrected chi connectivity index (χ0v) is 21.0. The Balaban J connectivity index is -0.000000673. The van der Waals surface area contributed by atoms with E-state index in [0.717, 1.165) is 11.1 Å². The van der Waals surface area contributed by atoms with Gasteiger partial charge >= 0.3 is 0 Å². The molecule has 35 heavy (non-hydrogen) atoms. The van der Waals surface area contributed by atoms with Gasteiger partial charge in [0.25, 0.3) is 10.3 Å². The van der Waals surface area contributed by atoms with E-state index < -0.39 is 20.4 Å². The van der Waals surface area contributed by atoms with Crippen molar-refractivity contribution in [2.45, 2.75) is 19.2 Å². The number of thiocarbonyl (C=S) groups is 2. The van der Waals surface area contributed by atoms with Crippen LogP contribution in [0.5, 0.6) is 0 Å². The first-order chi connectivity index (χ1) is 15.3. The van der Waals surface area contributed by atoms with Crippen molar-refractivity contribution in [2.75, 3.05) is 0 Å². The lowest BCUT2D eigenvalue weighted by molar-refractivity contribution is 0.559. The van der Waals surface area contributed by atoms with E-state index in [-0.39, 0.29) is 17.8 Å². The summed E-state index contributed by atoms with van der Waals surface area (Å²) in [7, 11) is -3.84. The van der Waals surface area contributed by atoms with E-state index in [9.17, 15) is 8.42 Å². The number of sulfonamides is 1. The molecule has 0 bridgehead atoms. The number of halogens is 1. The molecule has 14 heteroatoms. The maximum absolute atomic E-state index is 11.8. The SMILES string of the molecule is C.C#CC.NC(O)=S.NC(O)=S.NS(=O)(=O)c1ccccc1-c1n[nH]cc1-c1ccc(Cl)cc1.O. The second-order valence-corrected chi connectivity index (χ2v) is 8.46. The van der Waals surface area contributed by atoms with Gasteiger partial charge in [0.05, 0.1) is 4.90 Å². The van der Waals surface area contributed by atoms with Gasteiger partial charge in [0.15, 0.2) is 0 Å². The Morgan fingerprint density at radius 2 is 1.49 bits per heavy atom. The molecule has 3 rings (SSSR count). The summed E-state index contributed by atoms with van der Waals surface area (Å²) in [6.07, 6.45) is 6.30. The molecule has 0 aliphatic rings. The summed E-state index contributed by atoms with van der Waals surface area (Å²) in [5, 5.41) is 27.0. The molecule has 10 nitrogen and oxygen atoms in total. The van der Waals surface area contributed by atoms with Gasteiger partial charge in [-0.25, -0.2) is 13.6 Å². The number of aliphatic hydroxyl groups is 2. The topological polar surface area (TPSA) is 213 Å². The molecule has 2 aromatic carbocycles. The van der Waals surface area contributed by atoms with Crippen LogP contribution in [0.3, 0.4) is 0 Å². The summed E-state index contributed by atoms with van der Waals surface area (Å²) in [6, 6.07) is 13.7. The highest BCUT2D eigenvalue weighted by Gasteiger charge is 2.19. The molecular formula is C21H28ClN5O5S3. The maximum Gasteiger partial charge on any atom is 0.251 e. The van der Waals surface area contributed by atoms with E-state index in [1.54, 1.807) is 43.5 Å². The third-order valence-electron chi connectivity index (χ3n) is 3.24. The summed E-state index contributed by atoms with van der Waals surface area (Å²) in [6.45, 7) is 1.65. The number of nitrogens with zero attached hydrogens (tertiary/aromatic N) is 1. The highest BCUT2D eigenvalue weighted by atomic mass is 35.5. The number of primary sulfonamides is 1. The molecule has 3 aromatic rings. The number of nitrogens with two attached hydrogens (primary N) is 3. The third-order valence-corrected chi connectivity index (χ3v) is 4.47. The van der Waals surface area contributed by atoms with Crippen LogP contribution in [0.2, 0.25) is 5.02 Å². The van der Waals surface area contributed by atoms with Crippen LogP contribution in [-0.4, -0.2) is 44.7 Å². The van der Waals surface area contributed by atoms with E-state index in [1.165, 1.54) is 6.07 Å². The molecule has 0 spiro atoms. The van der Waals surface area contributed by atoms with E-state index in [1.807, 2.05) is 12.1 Å². The van der Waals surface area contributed by atoms with Crippen molar-refractivity contribution in [3.05, 3.63) is 59.8 Å². The summed E-state index contributed by atoms with van der Waals surface area (Å²) >= 11 is 13.6. The fourth-order valence-corrected chi connectivity index (χ4v) is 3.12. The lowest BCUT2D eigenvalue weighted by atomic mass is 10.0. The van der Waals surface area contributed by atoms with Crippen LogP contribution in [0.25, 0.3) is 22.4 Å². The van der Waals surface area contributed by atoms with Crippen LogP contribution in [-0.2, 0) is 10.0 Å². The average molecular weight is 562 g/mol. The quantitative estimate of drug-likeness (QED) is 0.204. The number of H-pyrrole nitrogens is 1. The number of nitrogens with one attached hydrogen (secondary N) is 1. The Labute approximate surface area is 220 Å². The molecule has 0 saturated heterocycles. The molecule has 1 heterocycles. The zero-order valence-electron chi connectivity index (χ0n) is 17.8. The largest absolute Gasteiger partial charge is 0.487 e. The van der Waals surface area contributed by atoms with Crippen LogP contribution in [0.4, 0.5) is 0 Å². The normalized spacial score (nSPS) is 8.86. The lowest BCUT2D eigenvalue weighted by Crippen LogP contribution is -2.13. The summed E-state index contributed by atoms with van der Waals surface area (Å²) in [4.78, 5) is 0.0392. The smallest absolute Gasteiger partial charge is 0.251 e. The number of rotatable bonds is 3. The number of hydrogen-bond donors (Lipinski definition) is 6. The van der Waals surface area contributed by atoms with Gasteiger partial charge in [0.2, 0.25) is 10.0 Å². The van der Waals surface area contributed by atoms with Crippen molar-refractivity contribution in [2.24, 2.45) is 16.6 Å². The highest BCUT2D eigenvalue weighted by Crippen LogP contribution is 2.33. The van der Waals surface area contributed by atoms with Crippen LogP contribution in [0.1, 0.15) is 14.4 Å². The van der Waals surface area contributed by atoms with E-state index in [2.05, 4.69) is 58.4 Å². The Hall–Kier alpha value is -3.25. The van der Waals surface area contributed by atoms with Gasteiger partial charge in [-0.05, 0) is 55.1 Å². The van der Waals surface area contributed by atoms with Gasteiger partial charge in [-0.15, -0.1) is 12.3 Å². The van der Waals surface area contributed by atoms with Gasteiger partial charge in [-0.1, -0.05) is 49.4 Å². The van der Waals surface area contributed by atoms with Gasteiger partial charge in [0.1, 0.15) is 5.69 Å². The zero-order chi connectivity index (χ0) is 25.6. The van der Waals surface area contributed by atoms with Gasteiger partial charge in [-0.2, -0.15) is 5.10 Å². The summed E-state index contributed by atoms with van der Waals surface area (Å²) in [5.41, 5.74) is 11.4. The molecular weight excluding hydrogens is 534 g/mol. The standard InChI is InChI=1S/C15H12ClN3O2S.C3H4.2CH3NOS.CH4.H2O/c16-11-7-5-10(6-8-11)13-9-18-19-15(13)12-3-1-2-4-14(12)22(17,20)21;1-3-2;2*2-1(3)4;;/h1-9H,(H,18,19)(H2,17,20,21);1H,2H3;2*(H3,2,3,4);1H4;1H2. The van der Waals surface area contributed by atoms with Gasteiger partial charge < -0.3 is 27.2 Å². The van der Waals surface area contributed by atoms with Crippen molar-refractivity contribution >= 4 is 56.4 Å². The minimum Gasteiger partial charge on any atom is -0.487 e. The number of aromatic amines is 1. The predicted molar refractivity (Wildman–Crippen MR) is 150 cm³/mol. The molecule has 0 aliphatic carbocycles. The average Bonchev–Trinajstić information content (AvgIpc) is 3.17. The fraction of sp³-hybridized carbons (Fsp3) is 0.0952. The molecule has 0 saturated carbocycles. The molecule has 0 atom stereocenters. The molecule has 0 unspecified atom stereocenters. The van der Waals surface area contributed by atoms with E-state index >= 15 is 0 Å². The lowest BCUT2D eigenvalue weighted by Gasteiger charge is -2.07. The van der Waals surface area contributed by atoms with Crippen LogP contribution in [0, 0.1) is 12.3 Å². The molecule has 192 valence electrons. The molecule has 0 amide bonds. The van der Waals surface area contributed by atoms with Crippen LogP contribution < -0.4 is 16.6 Å². The minimum absolute atomic E-state index is 0. The number of aliphatic hydroxyl groups excluding tert-OH is 2. The van der Waals surface area contributed by atoms with E-state index in [4.69, 9.17) is 27.0 Å². The van der Waals surface area contributed by atoms with Crippen LogP contribution in [0.15, 0.2) is 59.6 Å². The van der Waals surface area contributed by atoms with Crippen molar-refractivity contribution in [3.63, 3.8) is 0 Å². The van der Waals surface area contributed by atoms with E-state index in [0.29, 0.717) is 16.3 Å². The number of benzene rings is 2. The maximum atomic E-state index is 11.8. The van der Waals surface area contributed by atoms with Crippen molar-refractivity contribution in [3.8, 4) is 34.7 Å².